The van der Waals surface area contributed by atoms with Gasteiger partial charge < -0.3 is 34.9 Å². The number of methoxy groups -OCH3 is 1. The second kappa shape index (κ2) is 11.8. The Morgan fingerprint density at radius 1 is 0.978 bits per heavy atom. The van der Waals surface area contributed by atoms with E-state index in [2.05, 4.69) is 10.6 Å². The molecule has 3 aliphatic heterocycles. The fraction of sp³-hybridized carbons (Fsp3) is 0.400. The largest absolute Gasteiger partial charge is 0.497 e. The van der Waals surface area contributed by atoms with Gasteiger partial charge in [0.05, 0.1) is 43.8 Å². The van der Waals surface area contributed by atoms with Gasteiger partial charge in [0.2, 0.25) is 17.7 Å². The van der Waals surface area contributed by atoms with Crippen molar-refractivity contribution in [2.24, 2.45) is 17.8 Å². The SMILES string of the molecule is CCOc1ccc(NC(=O)[C@H]2[C@H]3C(=O)N([C@H](CO)c4ccccc4)C(C(=O)Nc4ccc(OC)cc4)C34CC(C)[C@]2(C)O4)cc1. The molecule has 3 aliphatic rings. The third-order valence-electron chi connectivity index (χ3n) is 9.77. The van der Waals surface area contributed by atoms with Crippen LogP contribution >= 0.6 is 0 Å². The Morgan fingerprint density at radius 2 is 1.58 bits per heavy atom. The number of aliphatic hydroxyl groups excluding tert-OH is 1. The highest BCUT2D eigenvalue weighted by Crippen LogP contribution is 2.66. The normalized spacial score (nSPS) is 28.8. The van der Waals surface area contributed by atoms with E-state index in [1.165, 1.54) is 4.90 Å². The van der Waals surface area contributed by atoms with Crippen LogP contribution in [-0.2, 0) is 19.1 Å². The van der Waals surface area contributed by atoms with Crippen molar-refractivity contribution >= 4 is 29.1 Å². The van der Waals surface area contributed by atoms with Gasteiger partial charge in [-0.15, -0.1) is 0 Å². The number of carbonyl (C=O) groups excluding carboxylic acids is 3. The molecular formula is C35H39N3O7. The van der Waals surface area contributed by atoms with E-state index >= 15 is 0 Å². The maximum atomic E-state index is 14.7. The van der Waals surface area contributed by atoms with Gasteiger partial charge >= 0.3 is 0 Å². The lowest BCUT2D eigenvalue weighted by Gasteiger charge is -2.37. The standard InChI is InChI=1S/C35H39N3O7/c1-5-44-26-17-13-23(14-18-26)36-31(40)28-29-33(42)38(27(20-39)22-9-7-6-8-10-22)30(35(29)19-21(2)34(28,3)45-35)32(41)37-24-11-15-25(43-4)16-12-24/h6-18,21,27-30,39H,5,19-20H2,1-4H3,(H,36,40)(H,37,41)/t21?,27-,28-,29+,30?,34+,35?/m1/s1. The molecule has 0 saturated carbocycles. The molecule has 3 aromatic rings. The minimum absolute atomic E-state index is 0.141. The smallest absolute Gasteiger partial charge is 0.250 e. The summed E-state index contributed by atoms with van der Waals surface area (Å²) in [5.41, 5.74) is -0.529. The predicted octanol–water partition coefficient (Wildman–Crippen LogP) is 4.42. The van der Waals surface area contributed by atoms with Crippen molar-refractivity contribution in [2.45, 2.75) is 50.5 Å². The van der Waals surface area contributed by atoms with Crippen molar-refractivity contribution in [1.82, 2.24) is 4.90 Å². The molecule has 7 atom stereocenters. The molecule has 3 saturated heterocycles. The van der Waals surface area contributed by atoms with Gasteiger partial charge in [0, 0.05) is 11.4 Å². The molecule has 3 fully saturated rings. The van der Waals surface area contributed by atoms with E-state index in [0.29, 0.717) is 41.5 Å². The summed E-state index contributed by atoms with van der Waals surface area (Å²) < 4.78 is 17.6. The number of nitrogens with one attached hydrogen (secondary N) is 2. The van der Waals surface area contributed by atoms with E-state index < -0.39 is 53.5 Å². The summed E-state index contributed by atoms with van der Waals surface area (Å²) in [6.45, 7) is 5.86. The number of fused-ring (bicyclic) bond motifs is 1. The first-order valence-corrected chi connectivity index (χ1v) is 15.3. The molecule has 3 heterocycles. The zero-order valence-corrected chi connectivity index (χ0v) is 25.9. The van der Waals surface area contributed by atoms with Gasteiger partial charge in [-0.05, 0) is 80.3 Å². The number of ether oxygens (including phenoxy) is 3. The van der Waals surface area contributed by atoms with Crippen LogP contribution in [-0.4, -0.2) is 65.3 Å². The molecule has 3 N–H and O–H groups in total. The van der Waals surface area contributed by atoms with Crippen molar-refractivity contribution in [3.63, 3.8) is 0 Å². The number of amides is 3. The first-order valence-electron chi connectivity index (χ1n) is 15.3. The third-order valence-corrected chi connectivity index (χ3v) is 9.77. The minimum Gasteiger partial charge on any atom is -0.497 e. The van der Waals surface area contributed by atoms with Gasteiger partial charge in [-0.2, -0.15) is 0 Å². The maximum Gasteiger partial charge on any atom is 0.250 e. The first kappa shape index (κ1) is 30.6. The van der Waals surface area contributed by atoms with Crippen LogP contribution in [0.2, 0.25) is 0 Å². The van der Waals surface area contributed by atoms with Gasteiger partial charge in [-0.25, -0.2) is 0 Å². The summed E-state index contributed by atoms with van der Waals surface area (Å²) in [6.07, 6.45) is 0.400. The summed E-state index contributed by atoms with van der Waals surface area (Å²) in [7, 11) is 1.56. The number of nitrogens with zero attached hydrogens (tertiary/aromatic N) is 1. The van der Waals surface area contributed by atoms with Gasteiger partial charge in [-0.1, -0.05) is 37.3 Å². The Bertz CT molecular complexity index is 1560. The monoisotopic (exact) mass is 613 g/mol. The Kier molecular flexibility index (Phi) is 8.05. The number of rotatable bonds is 10. The third kappa shape index (κ3) is 5.02. The van der Waals surface area contributed by atoms with E-state index in [4.69, 9.17) is 14.2 Å². The zero-order chi connectivity index (χ0) is 31.9. The average Bonchev–Trinajstić information content (AvgIpc) is 3.56. The summed E-state index contributed by atoms with van der Waals surface area (Å²) >= 11 is 0. The lowest BCUT2D eigenvalue weighted by atomic mass is 9.62. The van der Waals surface area contributed by atoms with Gasteiger partial charge in [0.1, 0.15) is 23.1 Å². The van der Waals surface area contributed by atoms with E-state index in [0.717, 1.165) is 0 Å². The zero-order valence-electron chi connectivity index (χ0n) is 25.9. The lowest BCUT2D eigenvalue weighted by molar-refractivity contribution is -0.148. The van der Waals surface area contributed by atoms with Crippen molar-refractivity contribution in [2.75, 3.05) is 31.0 Å². The van der Waals surface area contributed by atoms with Crippen molar-refractivity contribution < 1.29 is 33.7 Å². The number of likely N-dealkylation sites (tertiary alicyclic amines) is 1. The molecule has 10 nitrogen and oxygen atoms in total. The molecular weight excluding hydrogens is 574 g/mol. The molecule has 0 aromatic heterocycles. The molecule has 10 heteroatoms. The quantitative estimate of drug-likeness (QED) is 0.309. The number of anilines is 2. The van der Waals surface area contributed by atoms with Crippen molar-refractivity contribution in [3.05, 3.63) is 84.4 Å². The molecule has 6 rings (SSSR count). The fourth-order valence-corrected chi connectivity index (χ4v) is 7.65. The second-order valence-electron chi connectivity index (χ2n) is 12.2. The van der Waals surface area contributed by atoms with Gasteiger partial charge in [0.25, 0.3) is 0 Å². The lowest BCUT2D eigenvalue weighted by Crippen LogP contribution is -2.54. The van der Waals surface area contributed by atoms with Gasteiger partial charge in [0.15, 0.2) is 0 Å². The van der Waals surface area contributed by atoms with Crippen molar-refractivity contribution in [1.29, 1.82) is 0 Å². The topological polar surface area (TPSA) is 126 Å². The van der Waals surface area contributed by atoms with Crippen LogP contribution in [0.4, 0.5) is 11.4 Å². The summed E-state index contributed by atoms with van der Waals surface area (Å²) in [6, 6.07) is 21.1. The van der Waals surface area contributed by atoms with Crippen LogP contribution in [0.3, 0.4) is 0 Å². The minimum atomic E-state index is -1.29. The molecule has 3 amide bonds. The Labute approximate surface area is 262 Å². The van der Waals surface area contributed by atoms with E-state index in [-0.39, 0.29) is 11.8 Å². The first-order chi connectivity index (χ1) is 21.7. The number of carbonyl (C=O) groups is 3. The summed E-state index contributed by atoms with van der Waals surface area (Å²) in [5, 5.41) is 16.7. The molecule has 45 heavy (non-hydrogen) atoms. The van der Waals surface area contributed by atoms with E-state index in [1.807, 2.05) is 51.1 Å². The second-order valence-corrected chi connectivity index (χ2v) is 12.2. The highest BCUT2D eigenvalue weighted by molar-refractivity contribution is 6.05. The Morgan fingerprint density at radius 3 is 2.16 bits per heavy atom. The fourth-order valence-electron chi connectivity index (χ4n) is 7.65. The highest BCUT2D eigenvalue weighted by atomic mass is 16.5. The molecule has 3 aromatic carbocycles. The summed E-state index contributed by atoms with van der Waals surface area (Å²) in [4.78, 5) is 44.6. The Hall–Kier alpha value is -4.41. The molecule has 3 unspecified atom stereocenters. The van der Waals surface area contributed by atoms with Crippen LogP contribution < -0.4 is 20.1 Å². The van der Waals surface area contributed by atoms with E-state index in [1.54, 1.807) is 55.6 Å². The molecule has 0 aliphatic carbocycles. The number of hydrogen-bond acceptors (Lipinski definition) is 7. The Balaban J connectivity index is 1.40. The van der Waals surface area contributed by atoms with Crippen LogP contribution in [0.25, 0.3) is 0 Å². The van der Waals surface area contributed by atoms with E-state index in [9.17, 15) is 19.5 Å². The number of hydrogen-bond donors (Lipinski definition) is 3. The summed E-state index contributed by atoms with van der Waals surface area (Å²) in [5.74, 6) is -1.84. The molecule has 2 bridgehead atoms. The van der Waals surface area contributed by atoms with Crippen LogP contribution in [0, 0.1) is 17.8 Å². The van der Waals surface area contributed by atoms with Crippen LogP contribution in [0.15, 0.2) is 78.9 Å². The number of benzene rings is 3. The predicted molar refractivity (Wildman–Crippen MR) is 168 cm³/mol. The van der Waals surface area contributed by atoms with Crippen LogP contribution in [0.1, 0.15) is 38.8 Å². The average molecular weight is 614 g/mol. The molecule has 236 valence electrons. The number of aliphatic hydroxyl groups is 1. The maximum absolute atomic E-state index is 14.7. The molecule has 0 radical (unpaired) electrons. The highest BCUT2D eigenvalue weighted by Gasteiger charge is 2.80. The van der Waals surface area contributed by atoms with Crippen molar-refractivity contribution in [3.8, 4) is 11.5 Å². The molecule has 1 spiro atoms. The van der Waals surface area contributed by atoms with Gasteiger partial charge in [-0.3, -0.25) is 14.4 Å². The van der Waals surface area contributed by atoms with Crippen LogP contribution in [0.5, 0.6) is 11.5 Å².